The number of nitro groups is 1. The molecular weight excluding hydrogens is 318 g/mol. The van der Waals surface area contributed by atoms with Crippen LogP contribution in [-0.2, 0) is 11.3 Å². The van der Waals surface area contributed by atoms with Gasteiger partial charge in [0.25, 0.3) is 5.69 Å². The first-order chi connectivity index (χ1) is 10.9. The normalized spacial score (nSPS) is 10.2. The molecule has 2 rings (SSSR count). The summed E-state index contributed by atoms with van der Waals surface area (Å²) in [6, 6.07) is 10.2. The zero-order valence-corrected chi connectivity index (χ0v) is 13.5. The summed E-state index contributed by atoms with van der Waals surface area (Å²) >= 11 is 6.11. The summed E-state index contributed by atoms with van der Waals surface area (Å²) in [7, 11) is 0. The Morgan fingerprint density at radius 2 is 1.91 bits per heavy atom. The van der Waals surface area contributed by atoms with Crippen LogP contribution in [0.15, 0.2) is 36.4 Å². The molecule has 120 valence electrons. The van der Waals surface area contributed by atoms with Crippen LogP contribution >= 0.6 is 11.6 Å². The maximum absolute atomic E-state index is 11.0. The Hall–Kier alpha value is -2.60. The Morgan fingerprint density at radius 1 is 1.26 bits per heavy atom. The van der Waals surface area contributed by atoms with E-state index in [9.17, 15) is 14.9 Å². The highest BCUT2D eigenvalue weighted by molar-refractivity contribution is 6.33. The van der Waals surface area contributed by atoms with Gasteiger partial charge in [0.15, 0.2) is 0 Å². The third kappa shape index (κ3) is 4.43. The van der Waals surface area contributed by atoms with Crippen LogP contribution in [0.4, 0.5) is 17.1 Å². The van der Waals surface area contributed by atoms with Gasteiger partial charge >= 0.3 is 0 Å². The number of benzene rings is 2. The van der Waals surface area contributed by atoms with Crippen molar-refractivity contribution in [2.24, 2.45) is 0 Å². The zero-order chi connectivity index (χ0) is 17.0. The largest absolute Gasteiger partial charge is 0.380 e. The molecule has 0 atom stereocenters. The number of rotatable bonds is 5. The molecule has 0 fully saturated rings. The summed E-state index contributed by atoms with van der Waals surface area (Å²) in [6.07, 6.45) is 0. The quantitative estimate of drug-likeness (QED) is 0.636. The second-order valence-electron chi connectivity index (χ2n) is 5.11. The van der Waals surface area contributed by atoms with E-state index in [-0.39, 0.29) is 11.6 Å². The third-order valence-electron chi connectivity index (χ3n) is 3.23. The minimum absolute atomic E-state index is 0.0299. The molecule has 2 N–H and O–H groups in total. The Labute approximate surface area is 138 Å². The van der Waals surface area contributed by atoms with E-state index in [1.54, 1.807) is 6.92 Å². The fourth-order valence-corrected chi connectivity index (χ4v) is 2.48. The first kappa shape index (κ1) is 16.8. The van der Waals surface area contributed by atoms with Gasteiger partial charge in [-0.05, 0) is 30.2 Å². The summed E-state index contributed by atoms with van der Waals surface area (Å²) < 4.78 is 0. The maximum Gasteiger partial charge on any atom is 0.271 e. The van der Waals surface area contributed by atoms with Gasteiger partial charge in [0.2, 0.25) is 5.91 Å². The van der Waals surface area contributed by atoms with Crippen LogP contribution in [0.5, 0.6) is 0 Å². The lowest BCUT2D eigenvalue weighted by Gasteiger charge is -2.12. The summed E-state index contributed by atoms with van der Waals surface area (Å²) in [4.78, 5) is 21.3. The van der Waals surface area contributed by atoms with E-state index in [1.165, 1.54) is 19.1 Å². The molecule has 7 heteroatoms. The van der Waals surface area contributed by atoms with Crippen molar-refractivity contribution in [3.8, 4) is 0 Å². The lowest BCUT2D eigenvalue weighted by Crippen LogP contribution is -2.06. The third-order valence-corrected chi connectivity index (χ3v) is 3.52. The summed E-state index contributed by atoms with van der Waals surface area (Å²) in [6.45, 7) is 3.73. The highest BCUT2D eigenvalue weighted by Crippen LogP contribution is 2.31. The number of aryl methyl sites for hydroxylation is 1. The molecule has 0 aromatic heterocycles. The Morgan fingerprint density at radius 3 is 2.43 bits per heavy atom. The van der Waals surface area contributed by atoms with Gasteiger partial charge in [-0.15, -0.1) is 0 Å². The first-order valence-corrected chi connectivity index (χ1v) is 7.29. The fraction of sp³-hybridized carbons (Fsp3) is 0.188. The number of nitro benzene ring substituents is 1. The highest BCUT2D eigenvalue weighted by atomic mass is 35.5. The lowest BCUT2D eigenvalue weighted by atomic mass is 10.1. The molecule has 2 aromatic rings. The van der Waals surface area contributed by atoms with E-state index in [2.05, 4.69) is 10.6 Å². The summed E-state index contributed by atoms with van der Waals surface area (Å²) in [5, 5.41) is 17.0. The van der Waals surface area contributed by atoms with E-state index >= 15 is 0 Å². The SMILES string of the molecule is CC(=O)Nc1ccc(CNc2c(C)cc([N+](=O)[O-])cc2Cl)cc1. The second kappa shape index (κ2) is 7.11. The molecule has 0 spiro atoms. The van der Waals surface area contributed by atoms with E-state index in [1.807, 2.05) is 24.3 Å². The van der Waals surface area contributed by atoms with Crippen LogP contribution in [-0.4, -0.2) is 10.8 Å². The van der Waals surface area contributed by atoms with Crippen LogP contribution in [0.2, 0.25) is 5.02 Å². The molecule has 0 aliphatic carbocycles. The van der Waals surface area contributed by atoms with Gasteiger partial charge in [-0.2, -0.15) is 0 Å². The number of nitrogens with zero attached hydrogens (tertiary/aromatic N) is 1. The van der Waals surface area contributed by atoms with Gasteiger partial charge in [-0.3, -0.25) is 14.9 Å². The molecule has 0 heterocycles. The van der Waals surface area contributed by atoms with Crippen molar-refractivity contribution in [2.45, 2.75) is 20.4 Å². The number of non-ortho nitro benzene ring substituents is 1. The molecule has 0 saturated heterocycles. The summed E-state index contributed by atoms with van der Waals surface area (Å²) in [5.74, 6) is -0.121. The van der Waals surface area contributed by atoms with Gasteiger partial charge in [0.05, 0.1) is 15.6 Å². The number of hydrogen-bond acceptors (Lipinski definition) is 4. The molecule has 0 aliphatic rings. The predicted octanol–water partition coefficient (Wildman–Crippen LogP) is 4.13. The number of nitrogens with one attached hydrogen (secondary N) is 2. The van der Waals surface area contributed by atoms with Gasteiger partial charge in [0, 0.05) is 31.3 Å². The van der Waals surface area contributed by atoms with Crippen molar-refractivity contribution in [1.82, 2.24) is 0 Å². The van der Waals surface area contributed by atoms with E-state index < -0.39 is 4.92 Å². The molecule has 0 aliphatic heterocycles. The molecule has 0 radical (unpaired) electrons. The second-order valence-corrected chi connectivity index (χ2v) is 5.52. The molecule has 0 bridgehead atoms. The van der Waals surface area contributed by atoms with Crippen molar-refractivity contribution in [1.29, 1.82) is 0 Å². The van der Waals surface area contributed by atoms with Crippen molar-refractivity contribution in [3.63, 3.8) is 0 Å². The molecule has 6 nitrogen and oxygen atoms in total. The van der Waals surface area contributed by atoms with Crippen LogP contribution in [0.1, 0.15) is 18.1 Å². The maximum atomic E-state index is 11.0. The van der Waals surface area contributed by atoms with Gasteiger partial charge < -0.3 is 10.6 Å². The average Bonchev–Trinajstić information content (AvgIpc) is 2.47. The predicted molar refractivity (Wildman–Crippen MR) is 90.9 cm³/mol. The Kier molecular flexibility index (Phi) is 5.18. The summed E-state index contributed by atoms with van der Waals surface area (Å²) in [5.41, 5.74) is 3.07. The fourth-order valence-electron chi connectivity index (χ4n) is 2.15. The van der Waals surface area contributed by atoms with E-state index in [0.29, 0.717) is 22.8 Å². The van der Waals surface area contributed by atoms with Crippen molar-refractivity contribution < 1.29 is 9.72 Å². The molecule has 23 heavy (non-hydrogen) atoms. The van der Waals surface area contributed by atoms with Crippen LogP contribution in [0.3, 0.4) is 0 Å². The number of amides is 1. The molecule has 2 aromatic carbocycles. The van der Waals surface area contributed by atoms with Gasteiger partial charge in [-0.1, -0.05) is 23.7 Å². The molecule has 0 unspecified atom stereocenters. The zero-order valence-electron chi connectivity index (χ0n) is 12.7. The number of halogens is 1. The molecular formula is C16H16ClN3O3. The minimum Gasteiger partial charge on any atom is -0.380 e. The topological polar surface area (TPSA) is 84.3 Å². The van der Waals surface area contributed by atoms with Gasteiger partial charge in [0.1, 0.15) is 0 Å². The van der Waals surface area contributed by atoms with Crippen LogP contribution in [0.25, 0.3) is 0 Å². The van der Waals surface area contributed by atoms with Crippen molar-refractivity contribution >= 4 is 34.6 Å². The van der Waals surface area contributed by atoms with Crippen molar-refractivity contribution in [3.05, 3.63) is 62.7 Å². The van der Waals surface area contributed by atoms with E-state index in [0.717, 1.165) is 11.3 Å². The number of hydrogen-bond donors (Lipinski definition) is 2. The van der Waals surface area contributed by atoms with Crippen LogP contribution < -0.4 is 10.6 Å². The van der Waals surface area contributed by atoms with Crippen molar-refractivity contribution in [2.75, 3.05) is 10.6 Å². The molecule has 1 amide bonds. The number of carbonyl (C=O) groups excluding carboxylic acids is 1. The minimum atomic E-state index is -0.469. The van der Waals surface area contributed by atoms with E-state index in [4.69, 9.17) is 11.6 Å². The Balaban J connectivity index is 2.09. The lowest BCUT2D eigenvalue weighted by molar-refractivity contribution is -0.384. The highest BCUT2D eigenvalue weighted by Gasteiger charge is 2.13. The van der Waals surface area contributed by atoms with Gasteiger partial charge in [-0.25, -0.2) is 0 Å². The monoisotopic (exact) mass is 333 g/mol. The molecule has 0 saturated carbocycles. The average molecular weight is 334 g/mol. The number of anilines is 2. The first-order valence-electron chi connectivity index (χ1n) is 6.92. The smallest absolute Gasteiger partial charge is 0.271 e. The Bertz CT molecular complexity index is 722. The number of carbonyl (C=O) groups is 1. The standard InChI is InChI=1S/C16H16ClN3O3/c1-10-7-14(20(22)23)8-15(17)16(10)18-9-12-3-5-13(6-4-12)19-11(2)21/h3-8,18H,9H2,1-2H3,(H,19,21). The van der Waals surface area contributed by atoms with Crippen LogP contribution in [0, 0.1) is 17.0 Å².